The largest absolute Gasteiger partial charge is 0.497 e. The van der Waals surface area contributed by atoms with Crippen molar-refractivity contribution < 1.29 is 14.2 Å². The first-order valence-electron chi connectivity index (χ1n) is 6.24. The van der Waals surface area contributed by atoms with Crippen LogP contribution in [0.25, 0.3) is 0 Å². The highest BCUT2D eigenvalue weighted by molar-refractivity contribution is 6.32. The SMILES string of the molecule is COc1ccc(OC)c(COc2cc(C)ccc2Cl)c1. The van der Waals surface area contributed by atoms with Crippen molar-refractivity contribution in [3.05, 3.63) is 52.5 Å². The van der Waals surface area contributed by atoms with E-state index in [1.807, 2.05) is 43.3 Å². The van der Waals surface area contributed by atoms with Gasteiger partial charge in [0.1, 0.15) is 23.9 Å². The molecule has 0 aliphatic carbocycles. The number of halogens is 1. The predicted octanol–water partition coefficient (Wildman–Crippen LogP) is 4.24. The maximum Gasteiger partial charge on any atom is 0.138 e. The van der Waals surface area contributed by atoms with Gasteiger partial charge in [0.25, 0.3) is 0 Å². The van der Waals surface area contributed by atoms with Crippen LogP contribution in [0.5, 0.6) is 17.2 Å². The van der Waals surface area contributed by atoms with Crippen LogP contribution in [0.4, 0.5) is 0 Å². The minimum absolute atomic E-state index is 0.365. The Labute approximate surface area is 124 Å². The molecule has 2 aromatic rings. The standard InChI is InChI=1S/C16H17ClO3/c1-11-4-6-14(17)16(8-11)20-10-12-9-13(18-2)5-7-15(12)19-3/h4-9H,10H2,1-3H3. The van der Waals surface area contributed by atoms with Crippen molar-refractivity contribution in [2.45, 2.75) is 13.5 Å². The molecule has 4 heteroatoms. The lowest BCUT2D eigenvalue weighted by Crippen LogP contribution is -2.00. The summed E-state index contributed by atoms with van der Waals surface area (Å²) in [6.07, 6.45) is 0. The van der Waals surface area contributed by atoms with E-state index in [1.165, 1.54) is 0 Å². The smallest absolute Gasteiger partial charge is 0.138 e. The Kier molecular flexibility index (Phi) is 4.74. The van der Waals surface area contributed by atoms with E-state index in [1.54, 1.807) is 14.2 Å². The molecule has 0 atom stereocenters. The van der Waals surface area contributed by atoms with Gasteiger partial charge in [-0.2, -0.15) is 0 Å². The van der Waals surface area contributed by atoms with Crippen molar-refractivity contribution in [1.29, 1.82) is 0 Å². The quantitative estimate of drug-likeness (QED) is 0.825. The monoisotopic (exact) mass is 292 g/mol. The van der Waals surface area contributed by atoms with Gasteiger partial charge in [0.15, 0.2) is 0 Å². The molecule has 0 fully saturated rings. The molecule has 2 aromatic carbocycles. The third kappa shape index (κ3) is 3.36. The summed E-state index contributed by atoms with van der Waals surface area (Å²) in [5.74, 6) is 2.19. The molecule has 0 heterocycles. The van der Waals surface area contributed by atoms with Gasteiger partial charge in [-0.3, -0.25) is 0 Å². The molecular weight excluding hydrogens is 276 g/mol. The lowest BCUT2D eigenvalue weighted by molar-refractivity contribution is 0.295. The maximum atomic E-state index is 6.11. The molecule has 0 aliphatic rings. The third-order valence-electron chi connectivity index (χ3n) is 2.96. The minimum Gasteiger partial charge on any atom is -0.497 e. The van der Waals surface area contributed by atoms with E-state index < -0.39 is 0 Å². The molecule has 3 nitrogen and oxygen atoms in total. The van der Waals surface area contributed by atoms with Crippen molar-refractivity contribution in [2.75, 3.05) is 14.2 Å². The lowest BCUT2D eigenvalue weighted by Gasteiger charge is -2.13. The molecule has 0 amide bonds. The van der Waals surface area contributed by atoms with E-state index in [9.17, 15) is 0 Å². The Morgan fingerprint density at radius 3 is 2.45 bits per heavy atom. The molecule has 20 heavy (non-hydrogen) atoms. The fraction of sp³-hybridized carbons (Fsp3) is 0.250. The summed E-state index contributed by atoms with van der Waals surface area (Å²) in [5.41, 5.74) is 2.01. The molecular formula is C16H17ClO3. The van der Waals surface area contributed by atoms with E-state index in [-0.39, 0.29) is 0 Å². The first-order chi connectivity index (χ1) is 9.63. The molecule has 0 spiro atoms. The number of benzene rings is 2. The van der Waals surface area contributed by atoms with Crippen LogP contribution in [-0.4, -0.2) is 14.2 Å². The van der Waals surface area contributed by atoms with E-state index in [0.717, 1.165) is 22.6 Å². The molecule has 106 valence electrons. The number of aryl methyl sites for hydroxylation is 1. The van der Waals surface area contributed by atoms with Gasteiger partial charge in [0.05, 0.1) is 19.2 Å². The number of methoxy groups -OCH3 is 2. The van der Waals surface area contributed by atoms with E-state index >= 15 is 0 Å². The first-order valence-corrected chi connectivity index (χ1v) is 6.61. The minimum atomic E-state index is 0.365. The summed E-state index contributed by atoms with van der Waals surface area (Å²) in [6, 6.07) is 11.3. The van der Waals surface area contributed by atoms with Crippen molar-refractivity contribution in [3.8, 4) is 17.2 Å². The van der Waals surface area contributed by atoms with Gasteiger partial charge < -0.3 is 14.2 Å². The fourth-order valence-electron chi connectivity index (χ4n) is 1.87. The zero-order valence-electron chi connectivity index (χ0n) is 11.8. The van der Waals surface area contributed by atoms with Gasteiger partial charge in [0, 0.05) is 5.56 Å². The van der Waals surface area contributed by atoms with Crippen LogP contribution in [0.3, 0.4) is 0 Å². The number of hydrogen-bond acceptors (Lipinski definition) is 3. The van der Waals surface area contributed by atoms with Gasteiger partial charge in [0.2, 0.25) is 0 Å². The fourth-order valence-corrected chi connectivity index (χ4v) is 2.04. The Hall–Kier alpha value is -1.87. The summed E-state index contributed by atoms with van der Waals surface area (Å²) < 4.78 is 16.3. The van der Waals surface area contributed by atoms with Gasteiger partial charge in [-0.05, 0) is 42.8 Å². The van der Waals surface area contributed by atoms with Crippen LogP contribution in [0.2, 0.25) is 5.02 Å². The Bertz CT molecular complexity index is 596. The second kappa shape index (κ2) is 6.53. The Morgan fingerprint density at radius 2 is 1.75 bits per heavy atom. The van der Waals surface area contributed by atoms with Gasteiger partial charge >= 0.3 is 0 Å². The molecule has 0 radical (unpaired) electrons. The Morgan fingerprint density at radius 1 is 0.950 bits per heavy atom. The molecule has 0 saturated carbocycles. The average Bonchev–Trinajstić information content (AvgIpc) is 2.47. The topological polar surface area (TPSA) is 27.7 Å². The molecule has 0 aromatic heterocycles. The van der Waals surface area contributed by atoms with Gasteiger partial charge in [-0.1, -0.05) is 17.7 Å². The Balaban J connectivity index is 2.19. The average molecular weight is 293 g/mol. The van der Waals surface area contributed by atoms with E-state index in [0.29, 0.717) is 17.4 Å². The van der Waals surface area contributed by atoms with Crippen molar-refractivity contribution in [2.24, 2.45) is 0 Å². The van der Waals surface area contributed by atoms with Gasteiger partial charge in [-0.15, -0.1) is 0 Å². The summed E-state index contributed by atoms with van der Waals surface area (Å²) in [4.78, 5) is 0. The van der Waals surface area contributed by atoms with Crippen LogP contribution in [0.1, 0.15) is 11.1 Å². The van der Waals surface area contributed by atoms with Crippen molar-refractivity contribution in [1.82, 2.24) is 0 Å². The highest BCUT2D eigenvalue weighted by Gasteiger charge is 2.08. The van der Waals surface area contributed by atoms with Crippen LogP contribution in [0, 0.1) is 6.92 Å². The van der Waals surface area contributed by atoms with Gasteiger partial charge in [-0.25, -0.2) is 0 Å². The zero-order chi connectivity index (χ0) is 14.5. The second-order valence-corrected chi connectivity index (χ2v) is 4.81. The lowest BCUT2D eigenvalue weighted by atomic mass is 10.2. The van der Waals surface area contributed by atoms with Crippen molar-refractivity contribution >= 4 is 11.6 Å². The van der Waals surface area contributed by atoms with E-state index in [2.05, 4.69) is 0 Å². The summed E-state index contributed by atoms with van der Waals surface area (Å²) in [7, 11) is 3.26. The highest BCUT2D eigenvalue weighted by atomic mass is 35.5. The van der Waals surface area contributed by atoms with Crippen molar-refractivity contribution in [3.63, 3.8) is 0 Å². The molecule has 0 aliphatic heterocycles. The number of hydrogen-bond donors (Lipinski definition) is 0. The van der Waals surface area contributed by atoms with Crippen LogP contribution >= 0.6 is 11.6 Å². The number of ether oxygens (including phenoxy) is 3. The van der Waals surface area contributed by atoms with Crippen LogP contribution < -0.4 is 14.2 Å². The molecule has 0 bridgehead atoms. The second-order valence-electron chi connectivity index (χ2n) is 4.40. The molecule has 0 saturated heterocycles. The van der Waals surface area contributed by atoms with Crippen LogP contribution in [-0.2, 0) is 6.61 Å². The van der Waals surface area contributed by atoms with Crippen LogP contribution in [0.15, 0.2) is 36.4 Å². The molecule has 2 rings (SSSR count). The maximum absolute atomic E-state index is 6.11. The first kappa shape index (κ1) is 14.5. The normalized spacial score (nSPS) is 10.2. The molecule has 0 unspecified atom stereocenters. The van der Waals surface area contributed by atoms with E-state index in [4.69, 9.17) is 25.8 Å². The number of rotatable bonds is 5. The summed E-state index contributed by atoms with van der Waals surface area (Å²) in [5, 5.41) is 0.595. The molecule has 0 N–H and O–H groups in total. The highest BCUT2D eigenvalue weighted by Crippen LogP contribution is 2.29. The summed E-state index contributed by atoms with van der Waals surface area (Å²) in [6.45, 7) is 2.36. The third-order valence-corrected chi connectivity index (χ3v) is 3.27. The summed E-state index contributed by atoms with van der Waals surface area (Å²) >= 11 is 6.11. The zero-order valence-corrected chi connectivity index (χ0v) is 12.5. The predicted molar refractivity (Wildman–Crippen MR) is 80.1 cm³/mol.